The first-order chi connectivity index (χ1) is 15.4. The summed E-state index contributed by atoms with van der Waals surface area (Å²) in [4.78, 5) is 30.7. The van der Waals surface area contributed by atoms with E-state index in [-0.39, 0.29) is 23.0 Å². The summed E-state index contributed by atoms with van der Waals surface area (Å²) in [6.45, 7) is 8.10. The van der Waals surface area contributed by atoms with E-state index in [4.69, 9.17) is 4.74 Å². The van der Waals surface area contributed by atoms with Gasteiger partial charge < -0.3 is 14.9 Å². The highest BCUT2D eigenvalue weighted by molar-refractivity contribution is 8.18. The van der Waals surface area contributed by atoms with E-state index in [0.29, 0.717) is 46.5 Å². The SMILES string of the molecule is C=CCc1cc(/C=C2/SC(=Nc3cccc(C(=O)O)c3)N(CC)C2=O)cc(OCC)c1[O-]. The van der Waals surface area contributed by atoms with Crippen molar-refractivity contribution in [2.75, 3.05) is 13.2 Å². The summed E-state index contributed by atoms with van der Waals surface area (Å²) in [5.74, 6) is -1.20. The summed E-state index contributed by atoms with van der Waals surface area (Å²) in [6, 6.07) is 9.59. The van der Waals surface area contributed by atoms with E-state index in [2.05, 4.69) is 11.6 Å². The lowest BCUT2D eigenvalue weighted by Gasteiger charge is -2.19. The van der Waals surface area contributed by atoms with Crippen LogP contribution in [0.5, 0.6) is 11.5 Å². The Kier molecular flexibility index (Phi) is 7.37. The van der Waals surface area contributed by atoms with Crippen LogP contribution in [0.15, 0.2) is 59.0 Å². The van der Waals surface area contributed by atoms with E-state index in [0.717, 1.165) is 0 Å². The van der Waals surface area contributed by atoms with Crippen molar-refractivity contribution in [1.29, 1.82) is 0 Å². The minimum atomic E-state index is -1.04. The van der Waals surface area contributed by atoms with Crippen LogP contribution in [-0.2, 0) is 11.2 Å². The fourth-order valence-electron chi connectivity index (χ4n) is 3.18. The lowest BCUT2D eigenvalue weighted by Crippen LogP contribution is -2.28. The Balaban J connectivity index is 1.99. The highest BCUT2D eigenvalue weighted by Crippen LogP contribution is 2.36. The number of carbonyl (C=O) groups is 2. The Morgan fingerprint density at radius 2 is 2.09 bits per heavy atom. The lowest BCUT2D eigenvalue weighted by molar-refractivity contribution is -0.271. The van der Waals surface area contributed by atoms with E-state index < -0.39 is 5.97 Å². The molecule has 1 saturated heterocycles. The maximum Gasteiger partial charge on any atom is 0.335 e. The topological polar surface area (TPSA) is 102 Å². The first-order valence-electron chi connectivity index (χ1n) is 10.1. The van der Waals surface area contributed by atoms with Crippen LogP contribution in [0.25, 0.3) is 6.08 Å². The van der Waals surface area contributed by atoms with Gasteiger partial charge in [-0.1, -0.05) is 24.0 Å². The average Bonchev–Trinajstić information content (AvgIpc) is 3.05. The monoisotopic (exact) mass is 451 g/mol. The molecule has 8 heteroatoms. The number of benzene rings is 2. The molecule has 0 radical (unpaired) electrons. The second-order valence-electron chi connectivity index (χ2n) is 6.84. The van der Waals surface area contributed by atoms with Gasteiger partial charge in [-0.3, -0.25) is 9.69 Å². The molecule has 0 aliphatic carbocycles. The number of carboxylic acids is 1. The number of amides is 1. The van der Waals surface area contributed by atoms with Crippen LogP contribution in [0.2, 0.25) is 0 Å². The number of amidine groups is 1. The van der Waals surface area contributed by atoms with E-state index >= 15 is 0 Å². The quantitative estimate of drug-likeness (QED) is 0.476. The summed E-state index contributed by atoms with van der Waals surface area (Å²) < 4.78 is 5.48. The highest BCUT2D eigenvalue weighted by Gasteiger charge is 2.32. The smallest absolute Gasteiger partial charge is 0.335 e. The summed E-state index contributed by atoms with van der Waals surface area (Å²) in [7, 11) is 0. The molecular weight excluding hydrogens is 428 g/mol. The molecule has 1 fully saturated rings. The third-order valence-corrected chi connectivity index (χ3v) is 5.64. The van der Waals surface area contributed by atoms with E-state index in [1.54, 1.807) is 43.3 Å². The summed E-state index contributed by atoms with van der Waals surface area (Å²) in [5.41, 5.74) is 1.78. The molecule has 1 N–H and O–H groups in total. The van der Waals surface area contributed by atoms with Gasteiger partial charge in [0.1, 0.15) is 5.75 Å². The average molecular weight is 452 g/mol. The van der Waals surface area contributed by atoms with Crippen molar-refractivity contribution < 1.29 is 24.5 Å². The van der Waals surface area contributed by atoms with Gasteiger partial charge in [0, 0.05) is 6.54 Å². The first-order valence-corrected chi connectivity index (χ1v) is 10.9. The molecule has 0 unspecified atom stereocenters. The Morgan fingerprint density at radius 1 is 1.31 bits per heavy atom. The van der Waals surface area contributed by atoms with Gasteiger partial charge in [-0.2, -0.15) is 0 Å². The standard InChI is InChI=1S/C24H24N2O5S/c1-4-8-16-11-15(12-19(21(16)27)31-6-3)13-20-22(28)26(5-2)24(32-20)25-18-10-7-9-17(14-18)23(29)30/h4,7,9-14,27H,1,5-6,8H2,2-3H3,(H,29,30)/p-1/b20-13+,25-24?. The third-order valence-electron chi connectivity index (χ3n) is 4.64. The van der Waals surface area contributed by atoms with Crippen molar-refractivity contribution in [1.82, 2.24) is 4.90 Å². The molecule has 1 aliphatic heterocycles. The minimum absolute atomic E-state index is 0.121. The van der Waals surface area contributed by atoms with Crippen LogP contribution >= 0.6 is 11.8 Å². The molecule has 0 bridgehead atoms. The van der Waals surface area contributed by atoms with Crippen LogP contribution < -0.4 is 9.84 Å². The first kappa shape index (κ1) is 23.1. The van der Waals surface area contributed by atoms with E-state index in [9.17, 15) is 19.8 Å². The predicted octanol–water partition coefficient (Wildman–Crippen LogP) is 4.21. The zero-order valence-corrected chi connectivity index (χ0v) is 18.6. The van der Waals surface area contributed by atoms with E-state index in [1.807, 2.05) is 6.92 Å². The van der Waals surface area contributed by atoms with Crippen LogP contribution in [0.1, 0.15) is 35.3 Å². The van der Waals surface area contributed by atoms with Crippen molar-refractivity contribution in [3.05, 3.63) is 70.6 Å². The van der Waals surface area contributed by atoms with Crippen LogP contribution in [0.3, 0.4) is 0 Å². The predicted molar refractivity (Wildman–Crippen MR) is 124 cm³/mol. The van der Waals surface area contributed by atoms with Crippen molar-refractivity contribution in [2.24, 2.45) is 4.99 Å². The number of likely N-dealkylation sites (N-methyl/N-ethyl adjacent to an activating group) is 1. The van der Waals surface area contributed by atoms with Gasteiger partial charge in [-0.15, -0.1) is 6.58 Å². The summed E-state index contributed by atoms with van der Waals surface area (Å²) in [5, 5.41) is 22.1. The molecule has 1 amide bonds. The number of aliphatic imine (C=N–C) groups is 1. The maximum absolute atomic E-state index is 13.0. The normalized spacial score (nSPS) is 16.1. The zero-order chi connectivity index (χ0) is 23.3. The molecule has 0 saturated carbocycles. The molecule has 0 aromatic heterocycles. The van der Waals surface area contributed by atoms with Crippen molar-refractivity contribution in [2.45, 2.75) is 20.3 Å². The van der Waals surface area contributed by atoms with Gasteiger partial charge in [0.25, 0.3) is 5.91 Å². The van der Waals surface area contributed by atoms with Crippen LogP contribution in [0.4, 0.5) is 5.69 Å². The van der Waals surface area contributed by atoms with Gasteiger partial charge in [0.15, 0.2) is 5.17 Å². The number of hydrogen-bond acceptors (Lipinski definition) is 6. The second kappa shape index (κ2) is 10.2. The number of aromatic carboxylic acids is 1. The molecule has 32 heavy (non-hydrogen) atoms. The van der Waals surface area contributed by atoms with Gasteiger partial charge in [0.2, 0.25) is 0 Å². The molecule has 0 atom stereocenters. The molecule has 166 valence electrons. The van der Waals surface area contributed by atoms with Crippen molar-refractivity contribution in [3.8, 4) is 11.5 Å². The molecule has 1 aliphatic rings. The van der Waals surface area contributed by atoms with Gasteiger partial charge in [0.05, 0.1) is 22.8 Å². The molecule has 2 aromatic rings. The number of allylic oxidation sites excluding steroid dienone is 1. The Bertz CT molecular complexity index is 1120. The zero-order valence-electron chi connectivity index (χ0n) is 17.8. The molecule has 3 rings (SSSR count). The van der Waals surface area contributed by atoms with Crippen molar-refractivity contribution >= 4 is 40.6 Å². The fourth-order valence-corrected chi connectivity index (χ4v) is 4.24. The highest BCUT2D eigenvalue weighted by atomic mass is 32.2. The Morgan fingerprint density at radius 3 is 2.75 bits per heavy atom. The number of nitrogens with zero attached hydrogens (tertiary/aromatic N) is 2. The Hall–Kier alpha value is -3.52. The maximum atomic E-state index is 13.0. The molecule has 7 nitrogen and oxygen atoms in total. The molecular formula is C24H23N2O5S-. The van der Waals surface area contributed by atoms with Gasteiger partial charge >= 0.3 is 5.97 Å². The molecule has 0 spiro atoms. The second-order valence-corrected chi connectivity index (χ2v) is 7.85. The Labute approximate surface area is 190 Å². The fraction of sp³-hybridized carbons (Fsp3) is 0.208. The van der Waals surface area contributed by atoms with Crippen molar-refractivity contribution in [3.63, 3.8) is 0 Å². The lowest BCUT2D eigenvalue weighted by atomic mass is 10.1. The summed E-state index contributed by atoms with van der Waals surface area (Å²) >= 11 is 1.20. The van der Waals surface area contributed by atoms with Gasteiger partial charge in [-0.25, -0.2) is 9.79 Å². The number of thioether (sulfide) groups is 1. The third kappa shape index (κ3) is 5.03. The number of carbonyl (C=O) groups excluding carboxylic acids is 1. The van der Waals surface area contributed by atoms with Crippen LogP contribution in [-0.4, -0.2) is 40.2 Å². The van der Waals surface area contributed by atoms with Gasteiger partial charge in [-0.05, 0) is 73.5 Å². The number of carboxylic acid groups (broad SMARTS) is 1. The largest absolute Gasteiger partial charge is 0.870 e. The molecule has 1 heterocycles. The van der Waals surface area contributed by atoms with E-state index in [1.165, 1.54) is 28.8 Å². The summed E-state index contributed by atoms with van der Waals surface area (Å²) in [6.07, 6.45) is 3.75. The number of hydrogen-bond donors (Lipinski definition) is 1. The number of rotatable bonds is 8. The number of ether oxygens (including phenoxy) is 1. The molecule has 2 aromatic carbocycles. The minimum Gasteiger partial charge on any atom is -0.870 e. The van der Waals surface area contributed by atoms with Crippen LogP contribution in [0, 0.1) is 0 Å².